The van der Waals surface area contributed by atoms with Crippen LogP contribution in [0.1, 0.15) is 32.8 Å². The number of urea groups is 1. The SMILES string of the molecule is CCC(C)N(C)CCNC(=O)NCC(C)(O)c1ccc(F)cc1. The van der Waals surface area contributed by atoms with Gasteiger partial charge >= 0.3 is 6.03 Å². The molecule has 23 heavy (non-hydrogen) atoms. The molecular weight excluding hydrogens is 297 g/mol. The number of halogens is 1. The first kappa shape index (κ1) is 19.4. The zero-order valence-electron chi connectivity index (χ0n) is 14.4. The van der Waals surface area contributed by atoms with Crippen LogP contribution in [0.3, 0.4) is 0 Å². The van der Waals surface area contributed by atoms with Crippen LogP contribution in [0.4, 0.5) is 9.18 Å². The number of aliphatic hydroxyl groups is 1. The van der Waals surface area contributed by atoms with Crippen LogP contribution in [0.25, 0.3) is 0 Å². The van der Waals surface area contributed by atoms with E-state index in [9.17, 15) is 14.3 Å². The van der Waals surface area contributed by atoms with Crippen molar-refractivity contribution in [3.05, 3.63) is 35.6 Å². The third kappa shape index (κ3) is 6.54. The Labute approximate surface area is 137 Å². The van der Waals surface area contributed by atoms with Crippen LogP contribution in [0.5, 0.6) is 0 Å². The lowest BCUT2D eigenvalue weighted by Gasteiger charge is -2.25. The monoisotopic (exact) mass is 325 g/mol. The molecule has 0 bridgehead atoms. The molecule has 1 rings (SSSR count). The summed E-state index contributed by atoms with van der Waals surface area (Å²) < 4.78 is 12.9. The molecule has 2 unspecified atom stereocenters. The van der Waals surface area contributed by atoms with Gasteiger partial charge in [0.25, 0.3) is 0 Å². The Morgan fingerprint density at radius 2 is 1.96 bits per heavy atom. The Kier molecular flexibility index (Phi) is 7.45. The van der Waals surface area contributed by atoms with Crippen molar-refractivity contribution in [3.8, 4) is 0 Å². The summed E-state index contributed by atoms with van der Waals surface area (Å²) in [5.41, 5.74) is -0.700. The van der Waals surface area contributed by atoms with Crippen LogP contribution < -0.4 is 10.6 Å². The highest BCUT2D eigenvalue weighted by Gasteiger charge is 2.23. The Hall–Kier alpha value is -1.66. The van der Waals surface area contributed by atoms with Crippen molar-refractivity contribution < 1.29 is 14.3 Å². The first-order chi connectivity index (χ1) is 10.8. The van der Waals surface area contributed by atoms with E-state index in [0.717, 1.165) is 13.0 Å². The predicted octanol–water partition coefficient (Wildman–Crippen LogP) is 2.06. The van der Waals surface area contributed by atoms with E-state index in [1.165, 1.54) is 24.3 Å². The van der Waals surface area contributed by atoms with Crippen LogP contribution in [0, 0.1) is 5.82 Å². The molecule has 2 amide bonds. The molecule has 3 N–H and O–H groups in total. The lowest BCUT2D eigenvalue weighted by atomic mass is 9.96. The molecule has 0 aliphatic carbocycles. The average molecular weight is 325 g/mol. The Balaban J connectivity index is 2.36. The highest BCUT2D eigenvalue weighted by molar-refractivity contribution is 5.73. The second-order valence-electron chi connectivity index (χ2n) is 6.13. The molecule has 2 atom stereocenters. The van der Waals surface area contributed by atoms with Crippen LogP contribution in [0.15, 0.2) is 24.3 Å². The maximum Gasteiger partial charge on any atom is 0.314 e. The van der Waals surface area contributed by atoms with Gasteiger partial charge in [0.15, 0.2) is 0 Å². The van der Waals surface area contributed by atoms with Gasteiger partial charge in [-0.05, 0) is 45.0 Å². The van der Waals surface area contributed by atoms with Gasteiger partial charge in [0.2, 0.25) is 0 Å². The number of nitrogens with one attached hydrogen (secondary N) is 2. The van der Waals surface area contributed by atoms with E-state index in [2.05, 4.69) is 29.4 Å². The van der Waals surface area contributed by atoms with Crippen LogP contribution >= 0.6 is 0 Å². The minimum Gasteiger partial charge on any atom is -0.384 e. The van der Waals surface area contributed by atoms with Crippen LogP contribution in [-0.4, -0.2) is 48.8 Å². The number of likely N-dealkylation sites (N-methyl/N-ethyl adjacent to an activating group) is 1. The highest BCUT2D eigenvalue weighted by atomic mass is 19.1. The standard InChI is InChI=1S/C17H28FN3O2/c1-5-13(2)21(4)11-10-19-16(22)20-12-17(3,23)14-6-8-15(18)9-7-14/h6-9,13,23H,5,10-12H2,1-4H3,(H2,19,20,22). The minimum atomic E-state index is -1.25. The van der Waals surface area contributed by atoms with E-state index in [4.69, 9.17) is 0 Å². The van der Waals surface area contributed by atoms with Gasteiger partial charge in [-0.15, -0.1) is 0 Å². The fourth-order valence-corrected chi connectivity index (χ4v) is 2.10. The van der Waals surface area contributed by atoms with Crippen molar-refractivity contribution in [2.45, 2.75) is 38.8 Å². The molecule has 0 radical (unpaired) electrons. The summed E-state index contributed by atoms with van der Waals surface area (Å²) >= 11 is 0. The molecule has 0 fully saturated rings. The molecule has 5 nitrogen and oxygen atoms in total. The highest BCUT2D eigenvalue weighted by Crippen LogP contribution is 2.19. The van der Waals surface area contributed by atoms with Crippen molar-refractivity contribution in [1.29, 1.82) is 0 Å². The number of hydrogen-bond acceptors (Lipinski definition) is 3. The summed E-state index contributed by atoms with van der Waals surface area (Å²) in [6.07, 6.45) is 1.06. The Morgan fingerprint density at radius 3 is 2.52 bits per heavy atom. The summed E-state index contributed by atoms with van der Waals surface area (Å²) in [6.45, 7) is 7.18. The maximum absolute atomic E-state index is 12.9. The zero-order valence-corrected chi connectivity index (χ0v) is 14.4. The van der Waals surface area contributed by atoms with E-state index >= 15 is 0 Å². The molecular formula is C17H28FN3O2. The number of carbonyl (C=O) groups excluding carboxylic acids is 1. The molecule has 6 heteroatoms. The quantitative estimate of drug-likeness (QED) is 0.685. The molecule has 0 aliphatic heterocycles. The minimum absolute atomic E-state index is 0.0473. The fourth-order valence-electron chi connectivity index (χ4n) is 2.10. The van der Waals surface area contributed by atoms with E-state index in [-0.39, 0.29) is 18.4 Å². The van der Waals surface area contributed by atoms with Crippen LogP contribution in [0.2, 0.25) is 0 Å². The lowest BCUT2D eigenvalue weighted by Crippen LogP contribution is -2.45. The van der Waals surface area contributed by atoms with Gasteiger partial charge in [-0.1, -0.05) is 19.1 Å². The van der Waals surface area contributed by atoms with Crippen molar-refractivity contribution in [1.82, 2.24) is 15.5 Å². The van der Waals surface area contributed by atoms with E-state index in [1.807, 2.05) is 7.05 Å². The van der Waals surface area contributed by atoms with Gasteiger partial charge in [-0.25, -0.2) is 9.18 Å². The summed E-state index contributed by atoms with van der Waals surface area (Å²) in [5.74, 6) is -0.360. The Morgan fingerprint density at radius 1 is 1.35 bits per heavy atom. The Bertz CT molecular complexity index is 491. The molecule has 0 saturated carbocycles. The van der Waals surface area contributed by atoms with E-state index < -0.39 is 5.60 Å². The zero-order chi connectivity index (χ0) is 17.5. The van der Waals surface area contributed by atoms with Gasteiger partial charge in [0, 0.05) is 19.1 Å². The van der Waals surface area contributed by atoms with Crippen molar-refractivity contribution in [3.63, 3.8) is 0 Å². The number of nitrogens with zero attached hydrogens (tertiary/aromatic N) is 1. The van der Waals surface area contributed by atoms with Crippen molar-refractivity contribution in [2.24, 2.45) is 0 Å². The first-order valence-electron chi connectivity index (χ1n) is 7.96. The summed E-state index contributed by atoms with van der Waals surface area (Å²) in [4.78, 5) is 14.0. The molecule has 0 spiro atoms. The topological polar surface area (TPSA) is 64.6 Å². The summed E-state index contributed by atoms with van der Waals surface area (Å²) in [5, 5.41) is 15.8. The summed E-state index contributed by atoms with van der Waals surface area (Å²) in [7, 11) is 2.02. The summed E-state index contributed by atoms with van der Waals surface area (Å²) in [6, 6.07) is 5.74. The fraction of sp³-hybridized carbons (Fsp3) is 0.588. The van der Waals surface area contributed by atoms with Crippen molar-refractivity contribution >= 4 is 6.03 Å². The second-order valence-corrected chi connectivity index (χ2v) is 6.13. The molecule has 1 aromatic rings. The molecule has 0 aliphatic rings. The normalized spacial score (nSPS) is 15.1. The average Bonchev–Trinajstić information content (AvgIpc) is 2.52. The third-order valence-electron chi connectivity index (χ3n) is 4.15. The predicted molar refractivity (Wildman–Crippen MR) is 89.8 cm³/mol. The number of hydrogen-bond donors (Lipinski definition) is 3. The second kappa shape index (κ2) is 8.84. The third-order valence-corrected chi connectivity index (χ3v) is 4.15. The van der Waals surface area contributed by atoms with E-state index in [0.29, 0.717) is 18.2 Å². The molecule has 0 heterocycles. The number of rotatable bonds is 8. The maximum atomic E-state index is 12.9. The van der Waals surface area contributed by atoms with Gasteiger partial charge < -0.3 is 20.6 Å². The number of benzene rings is 1. The van der Waals surface area contributed by atoms with Crippen LogP contribution in [-0.2, 0) is 5.60 Å². The largest absolute Gasteiger partial charge is 0.384 e. The molecule has 1 aromatic carbocycles. The van der Waals surface area contributed by atoms with Gasteiger partial charge in [0.05, 0.1) is 6.54 Å². The smallest absolute Gasteiger partial charge is 0.314 e. The van der Waals surface area contributed by atoms with Gasteiger partial charge in [-0.3, -0.25) is 0 Å². The molecule has 0 aromatic heterocycles. The molecule has 130 valence electrons. The van der Waals surface area contributed by atoms with Gasteiger partial charge in [0.1, 0.15) is 11.4 Å². The molecule has 0 saturated heterocycles. The van der Waals surface area contributed by atoms with Crippen molar-refractivity contribution in [2.75, 3.05) is 26.7 Å². The first-order valence-corrected chi connectivity index (χ1v) is 7.96. The lowest BCUT2D eigenvalue weighted by molar-refractivity contribution is 0.0593. The number of carbonyl (C=O) groups is 1. The van der Waals surface area contributed by atoms with Gasteiger partial charge in [-0.2, -0.15) is 0 Å². The van der Waals surface area contributed by atoms with E-state index in [1.54, 1.807) is 6.92 Å². The number of amides is 2.